The van der Waals surface area contributed by atoms with Gasteiger partial charge < -0.3 is 14.8 Å². The van der Waals surface area contributed by atoms with Gasteiger partial charge in [-0.2, -0.15) is 0 Å². The maximum absolute atomic E-state index is 12.6. The minimum absolute atomic E-state index is 0.126. The van der Waals surface area contributed by atoms with Crippen molar-refractivity contribution in [3.05, 3.63) is 52.5 Å². The standard InChI is InChI=1S/C23H31ClN2O5S/c1-6-20(17-9-11-21(30-3)16(2)14-17)25-23(27)8-7-13-26(32(5,28)29)18-10-12-22(31-4)19(24)15-18/h9-12,14-15,20H,6-8,13H2,1-5H3,(H,25,27)/t20-/m1/s1. The number of anilines is 1. The van der Waals surface area contributed by atoms with E-state index in [4.69, 9.17) is 21.1 Å². The summed E-state index contributed by atoms with van der Waals surface area (Å²) in [7, 11) is -0.428. The molecule has 1 atom stereocenters. The molecule has 0 radical (unpaired) electrons. The average Bonchev–Trinajstić information content (AvgIpc) is 2.74. The lowest BCUT2D eigenvalue weighted by molar-refractivity contribution is -0.121. The summed E-state index contributed by atoms with van der Waals surface area (Å²) in [5, 5.41) is 3.36. The number of rotatable bonds is 11. The second kappa shape index (κ2) is 11.4. The number of carbonyl (C=O) groups excluding carboxylic acids is 1. The van der Waals surface area contributed by atoms with Gasteiger partial charge in [-0.15, -0.1) is 0 Å². The molecule has 32 heavy (non-hydrogen) atoms. The molecule has 0 bridgehead atoms. The lowest BCUT2D eigenvalue weighted by Gasteiger charge is -2.23. The lowest BCUT2D eigenvalue weighted by Crippen LogP contribution is -2.33. The van der Waals surface area contributed by atoms with Crippen molar-refractivity contribution in [2.45, 2.75) is 39.2 Å². The Bertz CT molecular complexity index is 1040. The van der Waals surface area contributed by atoms with Gasteiger partial charge in [-0.3, -0.25) is 9.10 Å². The summed E-state index contributed by atoms with van der Waals surface area (Å²) in [5.74, 6) is 1.13. The second-order valence-corrected chi connectivity index (χ2v) is 9.83. The third kappa shape index (κ3) is 6.77. The van der Waals surface area contributed by atoms with E-state index < -0.39 is 10.0 Å². The van der Waals surface area contributed by atoms with E-state index in [-0.39, 0.29) is 24.9 Å². The number of carbonyl (C=O) groups is 1. The van der Waals surface area contributed by atoms with E-state index in [1.54, 1.807) is 25.3 Å². The number of halogens is 1. The fourth-order valence-corrected chi connectivity index (χ4v) is 4.70. The first kappa shape index (κ1) is 25.8. The molecular formula is C23H31ClN2O5S. The molecule has 0 heterocycles. The number of ether oxygens (including phenoxy) is 2. The molecule has 0 aliphatic rings. The van der Waals surface area contributed by atoms with E-state index in [0.29, 0.717) is 22.9 Å². The first-order valence-electron chi connectivity index (χ1n) is 10.4. The molecule has 0 saturated heterocycles. The van der Waals surface area contributed by atoms with Crippen molar-refractivity contribution in [1.82, 2.24) is 5.32 Å². The Morgan fingerprint density at radius 2 is 1.78 bits per heavy atom. The fraction of sp³-hybridized carbons (Fsp3) is 0.435. The largest absolute Gasteiger partial charge is 0.496 e. The first-order valence-corrected chi connectivity index (χ1v) is 12.6. The minimum Gasteiger partial charge on any atom is -0.496 e. The van der Waals surface area contributed by atoms with E-state index in [1.807, 2.05) is 32.0 Å². The molecule has 0 saturated carbocycles. The molecule has 2 aromatic carbocycles. The normalized spacial score (nSPS) is 12.2. The molecule has 9 heteroatoms. The third-order valence-corrected chi connectivity index (χ3v) is 6.64. The highest BCUT2D eigenvalue weighted by molar-refractivity contribution is 7.92. The summed E-state index contributed by atoms with van der Waals surface area (Å²) in [4.78, 5) is 12.6. The quantitative estimate of drug-likeness (QED) is 0.510. The van der Waals surface area contributed by atoms with E-state index in [0.717, 1.165) is 29.6 Å². The number of hydrogen-bond donors (Lipinski definition) is 1. The van der Waals surface area contributed by atoms with E-state index in [2.05, 4.69) is 5.32 Å². The third-order valence-electron chi connectivity index (χ3n) is 5.15. The molecular weight excluding hydrogens is 452 g/mol. The van der Waals surface area contributed by atoms with Crippen LogP contribution in [0.25, 0.3) is 0 Å². The van der Waals surface area contributed by atoms with Crippen molar-refractivity contribution in [3.63, 3.8) is 0 Å². The number of hydrogen-bond acceptors (Lipinski definition) is 5. The number of sulfonamides is 1. The number of methoxy groups -OCH3 is 2. The molecule has 176 valence electrons. The highest BCUT2D eigenvalue weighted by atomic mass is 35.5. The smallest absolute Gasteiger partial charge is 0.232 e. The van der Waals surface area contributed by atoms with E-state index in [9.17, 15) is 13.2 Å². The van der Waals surface area contributed by atoms with Gasteiger partial charge in [0.05, 0.1) is 37.2 Å². The predicted molar refractivity (Wildman–Crippen MR) is 128 cm³/mol. The Hall–Kier alpha value is -2.45. The second-order valence-electron chi connectivity index (χ2n) is 7.51. The molecule has 2 aromatic rings. The maximum Gasteiger partial charge on any atom is 0.232 e. The van der Waals surface area contributed by atoms with E-state index >= 15 is 0 Å². The molecule has 0 spiro atoms. The number of nitrogens with zero attached hydrogens (tertiary/aromatic N) is 1. The van der Waals surface area contributed by atoms with Crippen LogP contribution in [0.2, 0.25) is 5.02 Å². The molecule has 0 unspecified atom stereocenters. The Morgan fingerprint density at radius 1 is 1.12 bits per heavy atom. The summed E-state index contributed by atoms with van der Waals surface area (Å²) in [6.07, 6.45) is 2.42. The van der Waals surface area contributed by atoms with Crippen LogP contribution in [0, 0.1) is 6.92 Å². The van der Waals surface area contributed by atoms with E-state index in [1.165, 1.54) is 11.4 Å². The van der Waals surface area contributed by atoms with Gasteiger partial charge >= 0.3 is 0 Å². The number of amides is 1. The Morgan fingerprint density at radius 3 is 2.31 bits per heavy atom. The maximum atomic E-state index is 12.6. The molecule has 2 rings (SSSR count). The van der Waals surface area contributed by atoms with Gasteiger partial charge in [0.25, 0.3) is 0 Å². The molecule has 0 fully saturated rings. The zero-order valence-corrected chi connectivity index (χ0v) is 20.7. The molecule has 7 nitrogen and oxygen atoms in total. The number of nitrogens with one attached hydrogen (secondary N) is 1. The van der Waals surface area contributed by atoms with Crippen molar-refractivity contribution in [2.75, 3.05) is 31.3 Å². The topological polar surface area (TPSA) is 84.9 Å². The van der Waals surface area contributed by atoms with Crippen LogP contribution >= 0.6 is 11.6 Å². The minimum atomic E-state index is -3.54. The highest BCUT2D eigenvalue weighted by Crippen LogP contribution is 2.30. The molecule has 0 aliphatic carbocycles. The number of aryl methyl sites for hydroxylation is 1. The van der Waals surface area contributed by atoms with Crippen LogP contribution in [-0.4, -0.2) is 41.3 Å². The summed E-state index contributed by atoms with van der Waals surface area (Å²) in [6.45, 7) is 4.12. The van der Waals surface area contributed by atoms with Crippen LogP contribution < -0.4 is 19.1 Å². The van der Waals surface area contributed by atoms with Crippen molar-refractivity contribution in [1.29, 1.82) is 0 Å². The van der Waals surface area contributed by atoms with Gasteiger partial charge in [-0.25, -0.2) is 8.42 Å². The van der Waals surface area contributed by atoms with Crippen molar-refractivity contribution >= 4 is 33.2 Å². The molecule has 1 N–H and O–H groups in total. The van der Waals surface area contributed by atoms with Crippen molar-refractivity contribution < 1.29 is 22.7 Å². The summed E-state index contributed by atoms with van der Waals surface area (Å²) in [5.41, 5.74) is 2.43. The van der Waals surface area contributed by atoms with Crippen LogP contribution in [0.5, 0.6) is 11.5 Å². The summed E-state index contributed by atoms with van der Waals surface area (Å²) in [6, 6.07) is 10.5. The predicted octanol–water partition coefficient (Wildman–Crippen LogP) is 4.48. The van der Waals surface area contributed by atoms with Crippen LogP contribution in [0.4, 0.5) is 5.69 Å². The Balaban J connectivity index is 2.02. The van der Waals surface area contributed by atoms with Gasteiger partial charge in [-0.05, 0) is 55.2 Å². The van der Waals surface area contributed by atoms with Crippen LogP contribution in [0.15, 0.2) is 36.4 Å². The molecule has 0 aliphatic heterocycles. The average molecular weight is 483 g/mol. The van der Waals surface area contributed by atoms with Gasteiger partial charge in [0.2, 0.25) is 15.9 Å². The van der Waals surface area contributed by atoms with Gasteiger partial charge in [0.15, 0.2) is 0 Å². The molecule has 0 aromatic heterocycles. The zero-order chi connectivity index (χ0) is 23.9. The lowest BCUT2D eigenvalue weighted by atomic mass is 10.0. The monoisotopic (exact) mass is 482 g/mol. The fourth-order valence-electron chi connectivity index (χ4n) is 3.49. The Kier molecular flexibility index (Phi) is 9.21. The Labute approximate surface area is 195 Å². The van der Waals surface area contributed by atoms with Crippen LogP contribution in [0.3, 0.4) is 0 Å². The first-order chi connectivity index (χ1) is 15.1. The van der Waals surface area contributed by atoms with Crippen molar-refractivity contribution in [3.8, 4) is 11.5 Å². The van der Waals surface area contributed by atoms with Gasteiger partial charge in [-0.1, -0.05) is 30.7 Å². The van der Waals surface area contributed by atoms with Crippen LogP contribution in [0.1, 0.15) is 43.4 Å². The number of benzene rings is 2. The van der Waals surface area contributed by atoms with Crippen LogP contribution in [-0.2, 0) is 14.8 Å². The summed E-state index contributed by atoms with van der Waals surface area (Å²) < 4.78 is 36.3. The SMILES string of the molecule is CC[C@@H](NC(=O)CCCN(c1ccc(OC)c(Cl)c1)S(C)(=O)=O)c1ccc(OC)c(C)c1. The summed E-state index contributed by atoms with van der Waals surface area (Å²) >= 11 is 6.15. The highest BCUT2D eigenvalue weighted by Gasteiger charge is 2.20. The molecule has 1 amide bonds. The zero-order valence-electron chi connectivity index (χ0n) is 19.1. The van der Waals surface area contributed by atoms with Crippen molar-refractivity contribution in [2.24, 2.45) is 0 Å². The van der Waals surface area contributed by atoms with Gasteiger partial charge in [0.1, 0.15) is 11.5 Å². The van der Waals surface area contributed by atoms with Gasteiger partial charge in [0, 0.05) is 13.0 Å².